The normalized spacial score (nSPS) is 12.4. The number of aryl methyl sites for hydroxylation is 1. The van der Waals surface area contributed by atoms with Crippen LogP contribution in [0.1, 0.15) is 22.7 Å². The second-order valence-electron chi connectivity index (χ2n) is 4.76. The molecule has 0 saturated heterocycles. The van der Waals surface area contributed by atoms with Crippen LogP contribution in [0.15, 0.2) is 36.4 Å². The number of benzene rings is 2. The van der Waals surface area contributed by atoms with Gasteiger partial charge in [-0.3, -0.25) is 0 Å². The quantitative estimate of drug-likeness (QED) is 0.880. The Balaban J connectivity index is 2.34. The zero-order valence-corrected chi connectivity index (χ0v) is 12.1. The summed E-state index contributed by atoms with van der Waals surface area (Å²) in [5, 5.41) is 3.64. The van der Waals surface area contributed by atoms with E-state index in [1.165, 1.54) is 12.1 Å². The largest absolute Gasteiger partial charge is 0.313 e. The molecule has 0 aromatic heterocycles. The van der Waals surface area contributed by atoms with Gasteiger partial charge in [-0.25, -0.2) is 8.78 Å². The summed E-state index contributed by atoms with van der Waals surface area (Å²) in [6.07, 6.45) is 0.496. The van der Waals surface area contributed by atoms with Gasteiger partial charge in [-0.1, -0.05) is 29.8 Å². The fraction of sp³-hybridized carbons (Fsp3) is 0.250. The molecule has 0 heterocycles. The van der Waals surface area contributed by atoms with E-state index in [1.807, 2.05) is 18.2 Å². The monoisotopic (exact) mass is 295 g/mol. The predicted octanol–water partition coefficient (Wildman–Crippen LogP) is 4.43. The number of hydrogen-bond donors (Lipinski definition) is 1. The van der Waals surface area contributed by atoms with Crippen molar-refractivity contribution in [2.45, 2.75) is 19.4 Å². The zero-order chi connectivity index (χ0) is 14.7. The molecule has 2 rings (SSSR count). The molecule has 0 bridgehead atoms. The first-order chi connectivity index (χ1) is 9.52. The molecule has 0 radical (unpaired) electrons. The molecule has 0 aliphatic rings. The van der Waals surface area contributed by atoms with Crippen molar-refractivity contribution in [2.75, 3.05) is 7.05 Å². The maximum Gasteiger partial charge on any atom is 0.128 e. The summed E-state index contributed by atoms with van der Waals surface area (Å²) in [6.45, 7) is 1.55. The van der Waals surface area contributed by atoms with E-state index in [2.05, 4.69) is 5.32 Å². The first-order valence-corrected chi connectivity index (χ1v) is 6.77. The van der Waals surface area contributed by atoms with E-state index in [0.717, 1.165) is 5.56 Å². The fourth-order valence-electron chi connectivity index (χ4n) is 2.18. The van der Waals surface area contributed by atoms with Gasteiger partial charge < -0.3 is 5.32 Å². The Morgan fingerprint density at radius 1 is 1.15 bits per heavy atom. The van der Waals surface area contributed by atoms with Crippen LogP contribution in [0.5, 0.6) is 0 Å². The van der Waals surface area contributed by atoms with E-state index in [-0.39, 0.29) is 6.04 Å². The Bertz CT molecular complexity index is 613. The van der Waals surface area contributed by atoms with Gasteiger partial charge in [0, 0.05) is 16.6 Å². The van der Waals surface area contributed by atoms with Crippen LogP contribution in [0.25, 0.3) is 0 Å². The van der Waals surface area contributed by atoms with E-state index in [9.17, 15) is 8.78 Å². The Morgan fingerprint density at radius 3 is 2.50 bits per heavy atom. The molecule has 0 saturated carbocycles. The molecule has 2 aromatic carbocycles. The average molecular weight is 296 g/mol. The van der Waals surface area contributed by atoms with Crippen molar-refractivity contribution in [3.05, 3.63) is 69.7 Å². The molecule has 4 heteroatoms. The minimum atomic E-state index is -0.407. The minimum Gasteiger partial charge on any atom is -0.313 e. The van der Waals surface area contributed by atoms with Gasteiger partial charge in [0.05, 0.1) is 0 Å². The van der Waals surface area contributed by atoms with Crippen molar-refractivity contribution in [3.8, 4) is 0 Å². The molecule has 0 amide bonds. The Hall–Kier alpha value is -1.45. The molecule has 106 valence electrons. The summed E-state index contributed by atoms with van der Waals surface area (Å²) < 4.78 is 27.7. The molecule has 1 N–H and O–H groups in total. The van der Waals surface area contributed by atoms with Gasteiger partial charge >= 0.3 is 0 Å². The van der Waals surface area contributed by atoms with Crippen LogP contribution in [0.2, 0.25) is 5.02 Å². The molecule has 0 aliphatic carbocycles. The molecular weight excluding hydrogens is 280 g/mol. The lowest BCUT2D eigenvalue weighted by molar-refractivity contribution is 0.520. The van der Waals surface area contributed by atoms with Crippen molar-refractivity contribution >= 4 is 11.6 Å². The van der Waals surface area contributed by atoms with Crippen LogP contribution in [0.4, 0.5) is 8.78 Å². The first kappa shape index (κ1) is 14.9. The van der Waals surface area contributed by atoms with Crippen molar-refractivity contribution in [2.24, 2.45) is 0 Å². The minimum absolute atomic E-state index is 0.304. The van der Waals surface area contributed by atoms with E-state index in [1.54, 1.807) is 20.0 Å². The smallest absolute Gasteiger partial charge is 0.128 e. The zero-order valence-electron chi connectivity index (χ0n) is 11.4. The van der Waals surface area contributed by atoms with Crippen molar-refractivity contribution in [1.82, 2.24) is 5.32 Å². The Labute approximate surface area is 122 Å². The highest BCUT2D eigenvalue weighted by Crippen LogP contribution is 2.26. The van der Waals surface area contributed by atoms with Crippen LogP contribution in [0, 0.1) is 18.6 Å². The highest BCUT2D eigenvalue weighted by atomic mass is 35.5. The van der Waals surface area contributed by atoms with Gasteiger partial charge in [0.2, 0.25) is 0 Å². The third kappa shape index (κ3) is 3.17. The SMILES string of the molecule is CNC(Cc1ccccc1Cl)c1cc(F)c(C)cc1F. The number of rotatable bonds is 4. The van der Waals surface area contributed by atoms with Crippen LogP contribution in [0.3, 0.4) is 0 Å². The van der Waals surface area contributed by atoms with E-state index in [0.29, 0.717) is 22.6 Å². The van der Waals surface area contributed by atoms with E-state index >= 15 is 0 Å². The number of likely N-dealkylation sites (N-methyl/N-ethyl adjacent to an activating group) is 1. The van der Waals surface area contributed by atoms with Gasteiger partial charge in [-0.2, -0.15) is 0 Å². The van der Waals surface area contributed by atoms with Gasteiger partial charge in [0.15, 0.2) is 0 Å². The first-order valence-electron chi connectivity index (χ1n) is 6.39. The maximum absolute atomic E-state index is 14.0. The molecule has 0 spiro atoms. The molecule has 1 atom stereocenters. The lowest BCUT2D eigenvalue weighted by atomic mass is 9.97. The molecule has 20 heavy (non-hydrogen) atoms. The summed E-state index contributed by atoms with van der Waals surface area (Å²) in [7, 11) is 1.72. The summed E-state index contributed by atoms with van der Waals surface area (Å²) in [6, 6.07) is 9.53. The second-order valence-corrected chi connectivity index (χ2v) is 5.17. The molecule has 1 unspecified atom stereocenters. The second kappa shape index (κ2) is 6.33. The molecule has 2 aromatic rings. The number of halogens is 3. The highest BCUT2D eigenvalue weighted by Gasteiger charge is 2.17. The van der Waals surface area contributed by atoms with Crippen LogP contribution >= 0.6 is 11.6 Å². The standard InChI is InChI=1S/C16H16ClF2N/c1-10-7-15(19)12(9-14(10)18)16(20-2)8-11-5-3-4-6-13(11)17/h3-7,9,16,20H,8H2,1-2H3. The fourth-order valence-corrected chi connectivity index (χ4v) is 2.39. The number of hydrogen-bond acceptors (Lipinski definition) is 1. The third-order valence-corrected chi connectivity index (χ3v) is 3.75. The average Bonchev–Trinajstić information content (AvgIpc) is 2.42. The maximum atomic E-state index is 14.0. The van der Waals surface area contributed by atoms with Crippen LogP contribution < -0.4 is 5.32 Å². The Morgan fingerprint density at radius 2 is 1.85 bits per heavy atom. The lowest BCUT2D eigenvalue weighted by Gasteiger charge is -2.19. The van der Waals surface area contributed by atoms with Gasteiger partial charge in [0.25, 0.3) is 0 Å². The summed E-state index contributed by atoms with van der Waals surface area (Å²) >= 11 is 6.11. The van der Waals surface area contributed by atoms with Crippen molar-refractivity contribution < 1.29 is 8.78 Å². The third-order valence-electron chi connectivity index (χ3n) is 3.38. The molecular formula is C16H16ClF2N. The van der Waals surface area contributed by atoms with E-state index < -0.39 is 11.6 Å². The van der Waals surface area contributed by atoms with Gasteiger partial charge in [-0.15, -0.1) is 0 Å². The summed E-state index contributed by atoms with van der Waals surface area (Å²) in [5.74, 6) is -0.809. The van der Waals surface area contributed by atoms with Crippen molar-refractivity contribution in [1.29, 1.82) is 0 Å². The number of nitrogens with one attached hydrogen (secondary N) is 1. The molecule has 0 fully saturated rings. The molecule has 1 nitrogen and oxygen atoms in total. The highest BCUT2D eigenvalue weighted by molar-refractivity contribution is 6.31. The van der Waals surface area contributed by atoms with Crippen LogP contribution in [-0.4, -0.2) is 7.05 Å². The summed E-state index contributed by atoms with van der Waals surface area (Å²) in [5.41, 5.74) is 1.52. The van der Waals surface area contributed by atoms with Gasteiger partial charge in [-0.05, 0) is 49.7 Å². The molecule has 0 aliphatic heterocycles. The van der Waals surface area contributed by atoms with Crippen molar-refractivity contribution in [3.63, 3.8) is 0 Å². The summed E-state index contributed by atoms with van der Waals surface area (Å²) in [4.78, 5) is 0. The van der Waals surface area contributed by atoms with E-state index in [4.69, 9.17) is 11.6 Å². The topological polar surface area (TPSA) is 12.0 Å². The van der Waals surface area contributed by atoms with Crippen LogP contribution in [-0.2, 0) is 6.42 Å². The Kier molecular flexibility index (Phi) is 4.73. The van der Waals surface area contributed by atoms with Gasteiger partial charge in [0.1, 0.15) is 11.6 Å². The lowest BCUT2D eigenvalue weighted by Crippen LogP contribution is -2.20. The predicted molar refractivity (Wildman–Crippen MR) is 78.1 cm³/mol.